The molecule has 0 saturated carbocycles. The smallest absolute Gasteiger partial charge is 0.0982 e. The van der Waals surface area contributed by atoms with Gasteiger partial charge in [0.15, 0.2) is 0 Å². The number of nitrogens with zero attached hydrogens (tertiary/aromatic N) is 2. The quantitative estimate of drug-likeness (QED) is 0.874. The number of halogens is 1. The minimum Gasteiger partial charge on any atom is -0.336 e. The standard InChI is InChI=1S/C9H10ClN3S/c10-9-2-1-8(14-9)7-5-13(4-3-11)6-12-7/h1-2,5-6H,3-4,11H2. The predicted octanol–water partition coefficient (Wildman–Crippen LogP) is 2.22. The third-order valence-corrected chi connectivity index (χ3v) is 3.10. The Morgan fingerprint density at radius 3 is 3.00 bits per heavy atom. The van der Waals surface area contributed by atoms with E-state index in [-0.39, 0.29) is 0 Å². The Hall–Kier alpha value is -0.840. The van der Waals surface area contributed by atoms with Gasteiger partial charge in [-0.1, -0.05) is 11.6 Å². The summed E-state index contributed by atoms with van der Waals surface area (Å²) in [6, 6.07) is 3.85. The number of imidazole rings is 1. The zero-order valence-electron chi connectivity index (χ0n) is 7.48. The molecule has 0 aliphatic rings. The molecule has 5 heteroatoms. The highest BCUT2D eigenvalue weighted by Gasteiger charge is 2.04. The number of aromatic nitrogens is 2. The largest absolute Gasteiger partial charge is 0.336 e. The van der Waals surface area contributed by atoms with Crippen molar-refractivity contribution in [1.29, 1.82) is 0 Å². The van der Waals surface area contributed by atoms with Crippen LogP contribution in [0.25, 0.3) is 10.6 Å². The Balaban J connectivity index is 2.24. The Bertz CT molecular complexity index is 421. The van der Waals surface area contributed by atoms with E-state index in [9.17, 15) is 0 Å². The minimum atomic E-state index is 0.626. The maximum atomic E-state index is 5.84. The Morgan fingerprint density at radius 2 is 2.36 bits per heavy atom. The topological polar surface area (TPSA) is 43.8 Å². The van der Waals surface area contributed by atoms with Gasteiger partial charge >= 0.3 is 0 Å². The van der Waals surface area contributed by atoms with Crippen LogP contribution in [-0.4, -0.2) is 16.1 Å². The number of thiophene rings is 1. The molecule has 0 spiro atoms. The summed E-state index contributed by atoms with van der Waals surface area (Å²) in [4.78, 5) is 5.37. The number of hydrogen-bond donors (Lipinski definition) is 1. The molecule has 0 aliphatic heterocycles. The molecule has 0 saturated heterocycles. The molecular weight excluding hydrogens is 218 g/mol. The van der Waals surface area contributed by atoms with Crippen molar-refractivity contribution in [1.82, 2.24) is 9.55 Å². The fourth-order valence-corrected chi connectivity index (χ4v) is 2.22. The lowest BCUT2D eigenvalue weighted by atomic mass is 10.4. The van der Waals surface area contributed by atoms with Crippen LogP contribution < -0.4 is 5.73 Å². The first-order valence-electron chi connectivity index (χ1n) is 4.27. The van der Waals surface area contributed by atoms with Gasteiger partial charge in [0.25, 0.3) is 0 Å². The lowest BCUT2D eigenvalue weighted by Gasteiger charge is -1.94. The van der Waals surface area contributed by atoms with E-state index < -0.39 is 0 Å². The monoisotopic (exact) mass is 227 g/mol. The summed E-state index contributed by atoms with van der Waals surface area (Å²) in [7, 11) is 0. The third-order valence-electron chi connectivity index (χ3n) is 1.85. The van der Waals surface area contributed by atoms with Gasteiger partial charge in [0.2, 0.25) is 0 Å². The summed E-state index contributed by atoms with van der Waals surface area (Å²) in [5, 5.41) is 0. The first-order valence-corrected chi connectivity index (χ1v) is 5.46. The third kappa shape index (κ3) is 1.97. The van der Waals surface area contributed by atoms with Crippen LogP contribution in [0.3, 0.4) is 0 Å². The molecule has 0 bridgehead atoms. The molecule has 2 aromatic rings. The van der Waals surface area contributed by atoms with Gasteiger partial charge in [-0.2, -0.15) is 0 Å². The first-order chi connectivity index (χ1) is 6.79. The summed E-state index contributed by atoms with van der Waals surface area (Å²) < 4.78 is 2.76. The van der Waals surface area contributed by atoms with E-state index in [4.69, 9.17) is 17.3 Å². The summed E-state index contributed by atoms with van der Waals surface area (Å²) >= 11 is 7.37. The van der Waals surface area contributed by atoms with Crippen LogP contribution in [0.1, 0.15) is 0 Å². The van der Waals surface area contributed by atoms with Crippen molar-refractivity contribution < 1.29 is 0 Å². The van der Waals surface area contributed by atoms with Gasteiger partial charge < -0.3 is 10.3 Å². The molecule has 0 unspecified atom stereocenters. The van der Waals surface area contributed by atoms with Gasteiger partial charge in [-0.25, -0.2) is 4.98 Å². The first kappa shape index (κ1) is 9.71. The number of rotatable bonds is 3. The van der Waals surface area contributed by atoms with Crippen molar-refractivity contribution >= 4 is 22.9 Å². The fourth-order valence-electron chi connectivity index (χ4n) is 1.21. The van der Waals surface area contributed by atoms with Crippen LogP contribution in [0.2, 0.25) is 4.34 Å². The molecule has 0 amide bonds. The second-order valence-electron chi connectivity index (χ2n) is 2.89. The fraction of sp³-hybridized carbons (Fsp3) is 0.222. The number of hydrogen-bond acceptors (Lipinski definition) is 3. The van der Waals surface area contributed by atoms with Gasteiger partial charge in [-0.15, -0.1) is 11.3 Å². The molecule has 2 N–H and O–H groups in total. The van der Waals surface area contributed by atoms with Crippen LogP contribution in [0.15, 0.2) is 24.7 Å². The maximum Gasteiger partial charge on any atom is 0.0982 e. The van der Waals surface area contributed by atoms with Crippen molar-refractivity contribution in [3.63, 3.8) is 0 Å². The van der Waals surface area contributed by atoms with Crippen molar-refractivity contribution in [3.05, 3.63) is 29.0 Å². The van der Waals surface area contributed by atoms with Gasteiger partial charge in [-0.3, -0.25) is 0 Å². The summed E-state index contributed by atoms with van der Waals surface area (Å²) in [5.74, 6) is 0. The number of nitrogens with two attached hydrogens (primary N) is 1. The van der Waals surface area contributed by atoms with Crippen LogP contribution in [0.5, 0.6) is 0 Å². The van der Waals surface area contributed by atoms with E-state index in [1.807, 2.05) is 22.9 Å². The van der Waals surface area contributed by atoms with E-state index >= 15 is 0 Å². The van der Waals surface area contributed by atoms with Gasteiger partial charge in [-0.05, 0) is 12.1 Å². The maximum absolute atomic E-state index is 5.84. The van der Waals surface area contributed by atoms with E-state index in [0.717, 1.165) is 21.5 Å². The molecule has 0 aliphatic carbocycles. The second-order valence-corrected chi connectivity index (χ2v) is 4.60. The van der Waals surface area contributed by atoms with Gasteiger partial charge in [0.05, 0.1) is 21.2 Å². The molecule has 0 atom stereocenters. The highest BCUT2D eigenvalue weighted by atomic mass is 35.5. The molecule has 0 fully saturated rings. The highest BCUT2D eigenvalue weighted by molar-refractivity contribution is 7.19. The summed E-state index contributed by atoms with van der Waals surface area (Å²) in [6.45, 7) is 1.42. The zero-order valence-corrected chi connectivity index (χ0v) is 9.05. The van der Waals surface area contributed by atoms with Crippen molar-refractivity contribution in [3.8, 4) is 10.6 Å². The predicted molar refractivity (Wildman–Crippen MR) is 59.6 cm³/mol. The summed E-state index contributed by atoms with van der Waals surface area (Å²) in [5.41, 5.74) is 6.40. The lowest BCUT2D eigenvalue weighted by Crippen LogP contribution is -2.07. The van der Waals surface area contributed by atoms with E-state index in [0.29, 0.717) is 6.54 Å². The average molecular weight is 228 g/mol. The van der Waals surface area contributed by atoms with Crippen molar-refractivity contribution in [2.24, 2.45) is 5.73 Å². The van der Waals surface area contributed by atoms with Crippen LogP contribution in [-0.2, 0) is 6.54 Å². The average Bonchev–Trinajstić information content (AvgIpc) is 2.74. The minimum absolute atomic E-state index is 0.626. The van der Waals surface area contributed by atoms with Crippen molar-refractivity contribution in [2.75, 3.05) is 6.54 Å². The molecule has 3 nitrogen and oxygen atoms in total. The van der Waals surface area contributed by atoms with Crippen LogP contribution >= 0.6 is 22.9 Å². The zero-order chi connectivity index (χ0) is 9.97. The highest BCUT2D eigenvalue weighted by Crippen LogP contribution is 2.29. The SMILES string of the molecule is NCCn1cnc(-c2ccc(Cl)s2)c1. The molecular formula is C9H10ClN3S. The Morgan fingerprint density at radius 1 is 1.50 bits per heavy atom. The van der Waals surface area contributed by atoms with Gasteiger partial charge in [0, 0.05) is 19.3 Å². The molecule has 2 heterocycles. The lowest BCUT2D eigenvalue weighted by molar-refractivity contribution is 0.708. The van der Waals surface area contributed by atoms with E-state index in [1.165, 1.54) is 11.3 Å². The van der Waals surface area contributed by atoms with Crippen LogP contribution in [0.4, 0.5) is 0 Å². The van der Waals surface area contributed by atoms with E-state index in [2.05, 4.69) is 4.98 Å². The van der Waals surface area contributed by atoms with Gasteiger partial charge in [0.1, 0.15) is 0 Å². The molecule has 2 aromatic heterocycles. The Labute approximate surface area is 91.1 Å². The molecule has 0 aromatic carbocycles. The molecule has 74 valence electrons. The molecule has 2 rings (SSSR count). The van der Waals surface area contributed by atoms with Crippen LogP contribution in [0, 0.1) is 0 Å². The van der Waals surface area contributed by atoms with E-state index in [1.54, 1.807) is 6.33 Å². The Kier molecular flexibility index (Phi) is 2.86. The van der Waals surface area contributed by atoms with Crippen molar-refractivity contribution in [2.45, 2.75) is 6.54 Å². The molecule has 0 radical (unpaired) electrons. The second kappa shape index (κ2) is 4.13. The normalized spacial score (nSPS) is 10.7. The summed E-state index contributed by atoms with van der Waals surface area (Å²) in [6.07, 6.45) is 3.77. The molecule has 14 heavy (non-hydrogen) atoms.